The minimum atomic E-state index is -0.499. The van der Waals surface area contributed by atoms with Crippen LogP contribution < -0.4 is 10.6 Å². The Kier molecular flexibility index (Phi) is 10.9. The molecule has 1 rings (SSSR count). The molecule has 0 saturated carbocycles. The van der Waals surface area contributed by atoms with Crippen molar-refractivity contribution in [1.29, 1.82) is 0 Å². The summed E-state index contributed by atoms with van der Waals surface area (Å²) in [7, 11) is 3.41. The molecule has 0 spiro atoms. The monoisotopic (exact) mass is 483 g/mol. The highest BCUT2D eigenvalue weighted by Crippen LogP contribution is 2.10. The predicted molar refractivity (Wildman–Crippen MR) is 114 cm³/mol. The van der Waals surface area contributed by atoms with Crippen molar-refractivity contribution in [3.8, 4) is 0 Å². The first-order chi connectivity index (χ1) is 11.7. The number of guanidine groups is 1. The number of halogens is 1. The zero-order valence-corrected chi connectivity index (χ0v) is 19.1. The van der Waals surface area contributed by atoms with Gasteiger partial charge in [-0.25, -0.2) is 4.79 Å². The standard InChI is InChI=1S/C17H33N5O3.HI/c1-7-14(23)22-10-8-13(12-22)20-15(18-5)19-9-11-21(6)16(24)25-17(2,3)4;/h13H,7-12H2,1-6H3,(H2,18,19,20);1H. The largest absolute Gasteiger partial charge is 0.444 e. The van der Waals surface area contributed by atoms with Crippen LogP contribution in [0.25, 0.3) is 0 Å². The van der Waals surface area contributed by atoms with Gasteiger partial charge in [0.15, 0.2) is 5.96 Å². The van der Waals surface area contributed by atoms with Gasteiger partial charge >= 0.3 is 6.09 Å². The van der Waals surface area contributed by atoms with Gasteiger partial charge in [-0.3, -0.25) is 9.79 Å². The summed E-state index contributed by atoms with van der Waals surface area (Å²) >= 11 is 0. The van der Waals surface area contributed by atoms with Crippen LogP contribution in [0.3, 0.4) is 0 Å². The van der Waals surface area contributed by atoms with Crippen LogP contribution >= 0.6 is 24.0 Å². The second kappa shape index (κ2) is 11.5. The fourth-order valence-corrected chi connectivity index (χ4v) is 2.49. The fraction of sp³-hybridized carbons (Fsp3) is 0.824. The van der Waals surface area contributed by atoms with Gasteiger partial charge in [-0.15, -0.1) is 24.0 Å². The van der Waals surface area contributed by atoms with Crippen molar-refractivity contribution in [1.82, 2.24) is 20.4 Å². The summed E-state index contributed by atoms with van der Waals surface area (Å²) in [5.41, 5.74) is -0.499. The molecule has 1 aliphatic rings. The molecule has 0 radical (unpaired) electrons. The molecular weight excluding hydrogens is 449 g/mol. The maximum absolute atomic E-state index is 11.9. The minimum absolute atomic E-state index is 0. The summed E-state index contributed by atoms with van der Waals surface area (Å²) in [5, 5.41) is 6.52. The molecule has 8 nitrogen and oxygen atoms in total. The average molecular weight is 483 g/mol. The van der Waals surface area contributed by atoms with Crippen LogP contribution in [0.15, 0.2) is 4.99 Å². The zero-order chi connectivity index (χ0) is 19.0. The number of nitrogens with one attached hydrogen (secondary N) is 2. The molecule has 0 bridgehead atoms. The van der Waals surface area contributed by atoms with Crippen molar-refractivity contribution in [3.63, 3.8) is 0 Å². The highest BCUT2D eigenvalue weighted by atomic mass is 127. The Hall–Kier alpha value is -1.26. The molecule has 0 aromatic rings. The first kappa shape index (κ1) is 24.7. The average Bonchev–Trinajstić information content (AvgIpc) is 2.99. The van der Waals surface area contributed by atoms with E-state index in [0.717, 1.165) is 13.0 Å². The van der Waals surface area contributed by atoms with Crippen molar-refractivity contribution in [2.24, 2.45) is 4.99 Å². The molecule has 152 valence electrons. The number of ether oxygens (including phenoxy) is 1. The molecule has 2 amide bonds. The van der Waals surface area contributed by atoms with E-state index in [1.165, 1.54) is 4.90 Å². The summed E-state index contributed by atoms with van der Waals surface area (Å²) < 4.78 is 5.31. The molecule has 1 unspecified atom stereocenters. The molecule has 1 aliphatic heterocycles. The summed E-state index contributed by atoms with van der Waals surface area (Å²) in [6, 6.07) is 0.199. The first-order valence-electron chi connectivity index (χ1n) is 8.85. The molecule has 1 saturated heterocycles. The third-order valence-corrected chi connectivity index (χ3v) is 3.85. The fourth-order valence-electron chi connectivity index (χ4n) is 2.49. The molecule has 1 atom stereocenters. The Morgan fingerprint density at radius 3 is 2.54 bits per heavy atom. The second-order valence-electron chi connectivity index (χ2n) is 7.22. The Bertz CT molecular complexity index is 493. The van der Waals surface area contributed by atoms with E-state index in [9.17, 15) is 9.59 Å². The molecule has 1 heterocycles. The molecule has 0 aromatic heterocycles. The van der Waals surface area contributed by atoms with Gasteiger partial charge in [-0.2, -0.15) is 0 Å². The van der Waals surface area contributed by atoms with Crippen molar-refractivity contribution in [2.75, 3.05) is 40.3 Å². The molecule has 0 aromatic carbocycles. The Morgan fingerprint density at radius 1 is 1.35 bits per heavy atom. The molecule has 9 heteroatoms. The molecule has 2 N–H and O–H groups in total. The van der Waals surface area contributed by atoms with Crippen LogP contribution in [0.4, 0.5) is 4.79 Å². The molecule has 1 fully saturated rings. The number of hydrogen-bond donors (Lipinski definition) is 2. The molecule has 0 aliphatic carbocycles. The van der Waals surface area contributed by atoms with Crippen LogP contribution in [-0.2, 0) is 9.53 Å². The molecule has 26 heavy (non-hydrogen) atoms. The lowest BCUT2D eigenvalue weighted by molar-refractivity contribution is -0.129. The smallest absolute Gasteiger partial charge is 0.410 e. The van der Waals surface area contributed by atoms with Gasteiger partial charge in [0.2, 0.25) is 5.91 Å². The van der Waals surface area contributed by atoms with Gasteiger partial charge in [0, 0.05) is 52.7 Å². The normalized spacial score (nSPS) is 17.4. The number of likely N-dealkylation sites (N-methyl/N-ethyl adjacent to an activating group) is 1. The third-order valence-electron chi connectivity index (χ3n) is 3.85. The maximum atomic E-state index is 11.9. The topological polar surface area (TPSA) is 86.3 Å². The van der Waals surface area contributed by atoms with E-state index in [1.54, 1.807) is 14.1 Å². The number of hydrogen-bond acceptors (Lipinski definition) is 4. The van der Waals surface area contributed by atoms with E-state index in [4.69, 9.17) is 4.74 Å². The number of carbonyl (C=O) groups is 2. The number of carbonyl (C=O) groups excluding carboxylic acids is 2. The highest BCUT2D eigenvalue weighted by Gasteiger charge is 2.25. The zero-order valence-electron chi connectivity index (χ0n) is 16.8. The lowest BCUT2D eigenvalue weighted by Gasteiger charge is -2.25. The van der Waals surface area contributed by atoms with Crippen LogP contribution in [0.2, 0.25) is 0 Å². The van der Waals surface area contributed by atoms with E-state index in [0.29, 0.717) is 32.0 Å². The Morgan fingerprint density at radius 2 is 2.00 bits per heavy atom. The van der Waals surface area contributed by atoms with E-state index >= 15 is 0 Å². The predicted octanol–water partition coefficient (Wildman–Crippen LogP) is 1.65. The Balaban J connectivity index is 0.00000625. The van der Waals surface area contributed by atoms with Crippen LogP contribution in [0, 0.1) is 0 Å². The first-order valence-corrected chi connectivity index (χ1v) is 8.85. The number of amides is 2. The summed E-state index contributed by atoms with van der Waals surface area (Å²) in [5.74, 6) is 0.861. The quantitative estimate of drug-likeness (QED) is 0.353. The van der Waals surface area contributed by atoms with Crippen molar-refractivity contribution in [3.05, 3.63) is 0 Å². The minimum Gasteiger partial charge on any atom is -0.444 e. The van der Waals surface area contributed by atoms with Gasteiger partial charge in [0.1, 0.15) is 5.60 Å². The van der Waals surface area contributed by atoms with Gasteiger partial charge in [0.05, 0.1) is 0 Å². The number of likely N-dealkylation sites (tertiary alicyclic amines) is 1. The number of aliphatic imine (C=N–C) groups is 1. The lowest BCUT2D eigenvalue weighted by atomic mass is 10.2. The summed E-state index contributed by atoms with van der Waals surface area (Å²) in [6.45, 7) is 9.95. The van der Waals surface area contributed by atoms with Gasteiger partial charge < -0.3 is 25.2 Å². The van der Waals surface area contributed by atoms with Crippen molar-refractivity contribution < 1.29 is 14.3 Å². The maximum Gasteiger partial charge on any atom is 0.410 e. The van der Waals surface area contributed by atoms with Crippen molar-refractivity contribution in [2.45, 2.75) is 52.2 Å². The summed E-state index contributed by atoms with van der Waals surface area (Å²) in [6.07, 6.45) is 1.10. The van der Waals surface area contributed by atoms with Crippen molar-refractivity contribution >= 4 is 41.9 Å². The second-order valence-corrected chi connectivity index (χ2v) is 7.22. The third kappa shape index (κ3) is 8.91. The van der Waals surface area contributed by atoms with Crippen LogP contribution in [0.5, 0.6) is 0 Å². The van der Waals surface area contributed by atoms with Crippen LogP contribution in [0.1, 0.15) is 40.5 Å². The van der Waals surface area contributed by atoms with E-state index < -0.39 is 5.60 Å². The van der Waals surface area contributed by atoms with E-state index in [1.807, 2.05) is 32.6 Å². The van der Waals surface area contributed by atoms with Gasteiger partial charge in [-0.1, -0.05) is 6.92 Å². The number of nitrogens with zero attached hydrogens (tertiary/aromatic N) is 3. The number of rotatable bonds is 5. The van der Waals surface area contributed by atoms with E-state index in [-0.39, 0.29) is 42.0 Å². The summed E-state index contributed by atoms with van der Waals surface area (Å²) in [4.78, 5) is 31.2. The molecular formula is C17H34IN5O3. The van der Waals surface area contributed by atoms with Crippen LogP contribution in [-0.4, -0.2) is 79.7 Å². The highest BCUT2D eigenvalue weighted by molar-refractivity contribution is 14.0. The Labute approximate surface area is 174 Å². The van der Waals surface area contributed by atoms with Gasteiger partial charge in [-0.05, 0) is 27.2 Å². The SMILES string of the molecule is CCC(=O)N1CCC(NC(=NC)NCCN(C)C(=O)OC(C)(C)C)C1.I. The van der Waals surface area contributed by atoms with Gasteiger partial charge in [0.25, 0.3) is 0 Å². The lowest BCUT2D eigenvalue weighted by Crippen LogP contribution is -2.47. The van der Waals surface area contributed by atoms with E-state index in [2.05, 4.69) is 15.6 Å².